The zero-order valence-corrected chi connectivity index (χ0v) is 16.9. The highest BCUT2D eigenvalue weighted by Crippen LogP contribution is 2.33. The van der Waals surface area contributed by atoms with E-state index in [2.05, 4.69) is 72.4 Å². The Morgan fingerprint density at radius 2 is 1.88 bits per heavy atom. The monoisotopic (exact) mass is 368 g/mol. The van der Waals surface area contributed by atoms with Crippen molar-refractivity contribution in [3.8, 4) is 0 Å². The van der Waals surface area contributed by atoms with Crippen molar-refractivity contribution in [3.63, 3.8) is 0 Å². The molecule has 1 aliphatic carbocycles. The van der Waals surface area contributed by atoms with Gasteiger partial charge < -0.3 is 9.88 Å². The van der Waals surface area contributed by atoms with Gasteiger partial charge in [0.05, 0.1) is 6.21 Å². The summed E-state index contributed by atoms with van der Waals surface area (Å²) in [4.78, 5) is 0. The van der Waals surface area contributed by atoms with Gasteiger partial charge in [0, 0.05) is 28.7 Å². The minimum absolute atomic E-state index is 0.500. The van der Waals surface area contributed by atoms with Crippen LogP contribution in [0.2, 0.25) is 0 Å². The van der Waals surface area contributed by atoms with Gasteiger partial charge in [0.15, 0.2) is 5.11 Å². The number of rotatable bonds is 4. The van der Waals surface area contributed by atoms with E-state index >= 15 is 0 Å². The second-order valence-corrected chi connectivity index (χ2v) is 7.69. The van der Waals surface area contributed by atoms with E-state index in [1.54, 1.807) is 0 Å². The van der Waals surface area contributed by atoms with Gasteiger partial charge in [-0.1, -0.05) is 25.0 Å². The van der Waals surface area contributed by atoms with Crippen LogP contribution in [-0.2, 0) is 0 Å². The van der Waals surface area contributed by atoms with E-state index in [4.69, 9.17) is 12.2 Å². The summed E-state index contributed by atoms with van der Waals surface area (Å²) in [6, 6.07) is 9.12. The molecule has 0 unspecified atom stereocenters. The SMILES string of the molecule is Cc1ccc(C)c(NC(=S)N/N=C/c2cc(C)n(C3CCCC3)c2C)c1. The molecule has 1 saturated carbocycles. The van der Waals surface area contributed by atoms with Crippen LogP contribution in [0.4, 0.5) is 5.69 Å². The van der Waals surface area contributed by atoms with E-state index < -0.39 is 0 Å². The molecule has 0 radical (unpaired) electrons. The molecule has 1 aromatic carbocycles. The summed E-state index contributed by atoms with van der Waals surface area (Å²) in [7, 11) is 0. The molecule has 0 spiro atoms. The van der Waals surface area contributed by atoms with E-state index in [1.807, 2.05) is 6.21 Å². The molecule has 0 atom stereocenters. The summed E-state index contributed by atoms with van der Waals surface area (Å²) in [6.07, 6.45) is 7.12. The van der Waals surface area contributed by atoms with Gasteiger partial charge in [-0.3, -0.25) is 5.43 Å². The topological polar surface area (TPSA) is 41.4 Å². The third-order valence-electron chi connectivity index (χ3n) is 5.22. The largest absolute Gasteiger partial charge is 0.345 e. The quantitative estimate of drug-likeness (QED) is 0.445. The van der Waals surface area contributed by atoms with Crippen LogP contribution in [0.5, 0.6) is 0 Å². The number of aromatic nitrogens is 1. The van der Waals surface area contributed by atoms with Crippen molar-refractivity contribution in [2.75, 3.05) is 5.32 Å². The van der Waals surface area contributed by atoms with E-state index in [0.717, 1.165) is 16.8 Å². The Bertz CT molecular complexity index is 829. The van der Waals surface area contributed by atoms with E-state index in [1.165, 1.54) is 42.6 Å². The highest BCUT2D eigenvalue weighted by molar-refractivity contribution is 7.80. The Morgan fingerprint density at radius 1 is 1.15 bits per heavy atom. The lowest BCUT2D eigenvalue weighted by Crippen LogP contribution is -2.24. The summed E-state index contributed by atoms with van der Waals surface area (Å²) in [5.74, 6) is 0. The lowest BCUT2D eigenvalue weighted by molar-refractivity contribution is 0.500. The normalized spacial score (nSPS) is 14.9. The van der Waals surface area contributed by atoms with Gasteiger partial charge in [0.1, 0.15) is 0 Å². The van der Waals surface area contributed by atoms with E-state index in [9.17, 15) is 0 Å². The Labute approximate surface area is 161 Å². The summed E-state index contributed by atoms with van der Waals surface area (Å²) in [6.45, 7) is 8.49. The number of nitrogens with one attached hydrogen (secondary N) is 2. The number of hydrogen-bond donors (Lipinski definition) is 2. The third-order valence-corrected chi connectivity index (χ3v) is 5.42. The van der Waals surface area contributed by atoms with Gasteiger partial charge in [-0.25, -0.2) is 0 Å². The first-order valence-corrected chi connectivity index (χ1v) is 9.72. The number of hydrogen-bond acceptors (Lipinski definition) is 2. The van der Waals surface area contributed by atoms with Crippen LogP contribution in [0, 0.1) is 27.7 Å². The smallest absolute Gasteiger partial charge is 0.191 e. The van der Waals surface area contributed by atoms with Crippen LogP contribution in [0.25, 0.3) is 0 Å². The molecule has 1 fully saturated rings. The highest BCUT2D eigenvalue weighted by Gasteiger charge is 2.20. The number of aryl methyl sites for hydroxylation is 3. The van der Waals surface area contributed by atoms with Crippen LogP contribution in [-0.4, -0.2) is 15.9 Å². The fraction of sp³-hybridized carbons (Fsp3) is 0.429. The van der Waals surface area contributed by atoms with Gasteiger partial charge in [-0.15, -0.1) is 0 Å². The molecule has 1 aromatic heterocycles. The second kappa shape index (κ2) is 8.04. The Hall–Kier alpha value is -2.14. The summed E-state index contributed by atoms with van der Waals surface area (Å²) >= 11 is 5.36. The number of anilines is 1. The Kier molecular flexibility index (Phi) is 5.77. The molecule has 0 aliphatic heterocycles. The highest BCUT2D eigenvalue weighted by atomic mass is 32.1. The van der Waals surface area contributed by atoms with Crippen molar-refractivity contribution >= 4 is 29.2 Å². The van der Waals surface area contributed by atoms with Crippen LogP contribution < -0.4 is 10.7 Å². The van der Waals surface area contributed by atoms with Crippen molar-refractivity contribution in [2.45, 2.75) is 59.4 Å². The molecule has 0 amide bonds. The van der Waals surface area contributed by atoms with Crippen molar-refractivity contribution in [1.82, 2.24) is 9.99 Å². The molecule has 2 N–H and O–H groups in total. The molecule has 1 heterocycles. The van der Waals surface area contributed by atoms with Gasteiger partial charge in [0.25, 0.3) is 0 Å². The first-order valence-electron chi connectivity index (χ1n) is 9.31. The molecule has 5 heteroatoms. The summed E-state index contributed by atoms with van der Waals surface area (Å²) in [5, 5.41) is 8.05. The maximum absolute atomic E-state index is 5.36. The van der Waals surface area contributed by atoms with Crippen LogP contribution in [0.15, 0.2) is 29.4 Å². The molecule has 2 aromatic rings. The number of thiocarbonyl (C=S) groups is 1. The van der Waals surface area contributed by atoms with Crippen molar-refractivity contribution in [2.24, 2.45) is 5.10 Å². The second-order valence-electron chi connectivity index (χ2n) is 7.28. The van der Waals surface area contributed by atoms with Gasteiger partial charge >= 0.3 is 0 Å². The predicted molar refractivity (Wildman–Crippen MR) is 114 cm³/mol. The molecular weight excluding hydrogens is 340 g/mol. The zero-order valence-electron chi connectivity index (χ0n) is 16.1. The number of benzene rings is 1. The molecule has 0 saturated heterocycles. The van der Waals surface area contributed by atoms with Crippen molar-refractivity contribution in [1.29, 1.82) is 0 Å². The molecule has 0 bridgehead atoms. The van der Waals surface area contributed by atoms with Gasteiger partial charge in [-0.05, 0) is 76.0 Å². The predicted octanol–water partition coefficient (Wildman–Crippen LogP) is 5.16. The minimum atomic E-state index is 0.500. The average Bonchev–Trinajstić information content (AvgIpc) is 3.19. The average molecular weight is 369 g/mol. The molecule has 3 rings (SSSR count). The summed E-state index contributed by atoms with van der Waals surface area (Å²) < 4.78 is 2.47. The number of hydrazone groups is 1. The third kappa shape index (κ3) is 4.15. The standard InChI is InChI=1S/C21H28N4S/c1-14-9-10-15(2)20(11-14)23-21(26)24-22-13-18-12-16(3)25(17(18)4)19-7-5-6-8-19/h9-13,19H,5-8H2,1-4H3,(H2,23,24,26)/b22-13+. The lowest BCUT2D eigenvalue weighted by Gasteiger charge is -2.17. The molecular formula is C21H28N4S. The van der Waals surface area contributed by atoms with Gasteiger partial charge in [-0.2, -0.15) is 5.10 Å². The maximum atomic E-state index is 5.36. The number of nitrogens with zero attached hydrogens (tertiary/aromatic N) is 2. The fourth-order valence-electron chi connectivity index (χ4n) is 3.84. The molecule has 138 valence electrons. The van der Waals surface area contributed by atoms with E-state index in [-0.39, 0.29) is 0 Å². The maximum Gasteiger partial charge on any atom is 0.191 e. The summed E-state index contributed by atoms with van der Waals surface area (Å²) in [5.41, 5.74) is 10.0. The van der Waals surface area contributed by atoms with Crippen molar-refractivity contribution in [3.05, 3.63) is 52.3 Å². The van der Waals surface area contributed by atoms with Crippen LogP contribution in [0.1, 0.15) is 59.8 Å². The van der Waals surface area contributed by atoms with Gasteiger partial charge in [0.2, 0.25) is 0 Å². The van der Waals surface area contributed by atoms with E-state index in [0.29, 0.717) is 11.2 Å². The fourth-order valence-corrected chi connectivity index (χ4v) is 4.00. The zero-order chi connectivity index (χ0) is 18.7. The molecule has 26 heavy (non-hydrogen) atoms. The minimum Gasteiger partial charge on any atom is -0.345 e. The van der Waals surface area contributed by atoms with Crippen LogP contribution in [0.3, 0.4) is 0 Å². The van der Waals surface area contributed by atoms with Crippen LogP contribution >= 0.6 is 12.2 Å². The Balaban J connectivity index is 1.64. The first-order chi connectivity index (χ1) is 12.5. The first kappa shape index (κ1) is 18.6. The van der Waals surface area contributed by atoms with Crippen molar-refractivity contribution < 1.29 is 0 Å². The Morgan fingerprint density at radius 3 is 2.62 bits per heavy atom. The molecule has 4 nitrogen and oxygen atoms in total. The lowest BCUT2D eigenvalue weighted by atomic mass is 10.1. The molecule has 1 aliphatic rings.